The molecule has 1 aliphatic rings. The Hall–Kier alpha value is -0.870. The summed E-state index contributed by atoms with van der Waals surface area (Å²) in [7, 11) is 0. The molecule has 0 atom stereocenters. The monoisotopic (exact) mass is 255 g/mol. The van der Waals surface area contributed by atoms with Crippen LogP contribution in [0.4, 0.5) is 8.78 Å². The van der Waals surface area contributed by atoms with Crippen molar-refractivity contribution in [1.29, 1.82) is 0 Å². The normalized spacial score (nSPS) is 14.9. The Morgan fingerprint density at radius 1 is 1.41 bits per heavy atom. The highest BCUT2D eigenvalue weighted by Gasteiger charge is 2.20. The maximum atomic E-state index is 13.3. The summed E-state index contributed by atoms with van der Waals surface area (Å²) >= 11 is 1.29. The van der Waals surface area contributed by atoms with Crippen LogP contribution in [0.25, 0.3) is 0 Å². The largest absolute Gasteiger partial charge is 0.310 e. The first-order valence-corrected chi connectivity index (χ1v) is 6.61. The zero-order valence-electron chi connectivity index (χ0n) is 9.51. The second kappa shape index (κ2) is 5.65. The third-order valence-corrected chi connectivity index (χ3v) is 3.72. The van der Waals surface area contributed by atoms with Crippen LogP contribution in [0.3, 0.4) is 0 Å². The molecular formula is C13H15F2NS. The summed E-state index contributed by atoms with van der Waals surface area (Å²) in [4.78, 5) is 0.345. The summed E-state index contributed by atoms with van der Waals surface area (Å²) in [5.41, 5.74) is 1.01. The van der Waals surface area contributed by atoms with E-state index in [0.29, 0.717) is 16.7 Å². The predicted molar refractivity (Wildman–Crippen MR) is 67.2 cm³/mol. The van der Waals surface area contributed by atoms with Gasteiger partial charge in [-0.3, -0.25) is 0 Å². The molecule has 0 radical (unpaired) electrons. The smallest absolute Gasteiger partial charge is 0.136 e. The van der Waals surface area contributed by atoms with Crippen molar-refractivity contribution in [3.63, 3.8) is 0 Å². The van der Waals surface area contributed by atoms with Crippen molar-refractivity contribution in [2.75, 3.05) is 12.3 Å². The van der Waals surface area contributed by atoms with Crippen LogP contribution >= 0.6 is 11.8 Å². The maximum absolute atomic E-state index is 13.3. The molecule has 2 rings (SSSR count). The van der Waals surface area contributed by atoms with Crippen LogP contribution in [0.2, 0.25) is 0 Å². The summed E-state index contributed by atoms with van der Waals surface area (Å²) in [6.07, 6.45) is 2.47. The van der Waals surface area contributed by atoms with Gasteiger partial charge in [0.1, 0.15) is 11.6 Å². The van der Waals surface area contributed by atoms with Crippen LogP contribution in [0.15, 0.2) is 35.2 Å². The number of hydrogen-bond donors (Lipinski definition) is 1. The van der Waals surface area contributed by atoms with E-state index in [0.717, 1.165) is 24.3 Å². The predicted octanol–water partition coefficient (Wildman–Crippen LogP) is 3.37. The first-order valence-electron chi connectivity index (χ1n) is 5.63. The third kappa shape index (κ3) is 4.13. The molecule has 1 fully saturated rings. The van der Waals surface area contributed by atoms with E-state index in [1.807, 2.05) is 0 Å². The van der Waals surface area contributed by atoms with Gasteiger partial charge in [0.25, 0.3) is 0 Å². The molecular weight excluding hydrogens is 240 g/mol. The molecule has 17 heavy (non-hydrogen) atoms. The molecule has 0 amide bonds. The number of hydrogen-bond acceptors (Lipinski definition) is 2. The van der Waals surface area contributed by atoms with Crippen LogP contribution in [0, 0.1) is 11.6 Å². The number of halogens is 2. The molecule has 1 aliphatic carbocycles. The Morgan fingerprint density at radius 2 is 2.18 bits per heavy atom. The van der Waals surface area contributed by atoms with E-state index < -0.39 is 5.82 Å². The quantitative estimate of drug-likeness (QED) is 0.618. The Kier molecular flexibility index (Phi) is 4.18. The average Bonchev–Trinajstić information content (AvgIpc) is 3.11. The second-order valence-corrected chi connectivity index (χ2v) is 5.29. The molecule has 0 heterocycles. The summed E-state index contributed by atoms with van der Waals surface area (Å²) in [6, 6.07) is 4.15. The molecule has 0 aromatic heterocycles. The lowest BCUT2D eigenvalue weighted by molar-refractivity contribution is 0.577. The van der Waals surface area contributed by atoms with Gasteiger partial charge in [-0.2, -0.15) is 0 Å². The van der Waals surface area contributed by atoms with Gasteiger partial charge in [-0.05, 0) is 31.0 Å². The molecule has 0 unspecified atom stereocenters. The summed E-state index contributed by atoms with van der Waals surface area (Å²) < 4.78 is 26.2. The molecule has 1 aromatic rings. The van der Waals surface area contributed by atoms with Gasteiger partial charge in [-0.15, -0.1) is 11.8 Å². The van der Waals surface area contributed by atoms with E-state index in [4.69, 9.17) is 0 Å². The molecule has 1 saturated carbocycles. The van der Waals surface area contributed by atoms with E-state index in [1.165, 1.54) is 30.7 Å². The Balaban J connectivity index is 1.79. The minimum atomic E-state index is -0.407. The number of thioether (sulfide) groups is 1. The first-order chi connectivity index (χ1) is 8.15. The van der Waals surface area contributed by atoms with Crippen LogP contribution in [0.1, 0.15) is 12.8 Å². The molecule has 4 heteroatoms. The molecule has 92 valence electrons. The van der Waals surface area contributed by atoms with Crippen molar-refractivity contribution >= 4 is 11.8 Å². The van der Waals surface area contributed by atoms with Crippen molar-refractivity contribution in [1.82, 2.24) is 5.32 Å². The third-order valence-electron chi connectivity index (χ3n) is 2.54. The molecule has 0 saturated heterocycles. The van der Waals surface area contributed by atoms with Gasteiger partial charge in [0.05, 0.1) is 0 Å². The van der Waals surface area contributed by atoms with Crippen molar-refractivity contribution in [3.8, 4) is 0 Å². The lowest BCUT2D eigenvalue weighted by Crippen LogP contribution is -2.19. The van der Waals surface area contributed by atoms with Crippen molar-refractivity contribution < 1.29 is 8.78 Å². The highest BCUT2D eigenvalue weighted by Crippen LogP contribution is 2.24. The fraction of sp³-hybridized carbons (Fsp3) is 0.385. The minimum Gasteiger partial charge on any atom is -0.310 e. The Morgan fingerprint density at radius 3 is 2.88 bits per heavy atom. The van der Waals surface area contributed by atoms with Crippen LogP contribution in [-0.4, -0.2) is 18.3 Å². The fourth-order valence-electron chi connectivity index (χ4n) is 1.39. The summed E-state index contributed by atoms with van der Waals surface area (Å²) in [5.74, 6) is -0.171. The number of rotatable bonds is 6. The second-order valence-electron chi connectivity index (χ2n) is 4.27. The van der Waals surface area contributed by atoms with E-state index in [9.17, 15) is 8.78 Å². The SMILES string of the molecule is C=C(CNC1CC1)CSc1cc(F)ccc1F. The molecule has 1 N–H and O–H groups in total. The molecule has 0 bridgehead atoms. The first kappa shape index (κ1) is 12.6. The van der Waals surface area contributed by atoms with Crippen molar-refractivity contribution in [2.45, 2.75) is 23.8 Å². The van der Waals surface area contributed by atoms with Gasteiger partial charge in [0.15, 0.2) is 0 Å². The highest BCUT2D eigenvalue weighted by molar-refractivity contribution is 7.99. The number of benzene rings is 1. The van der Waals surface area contributed by atoms with Crippen LogP contribution in [0.5, 0.6) is 0 Å². The summed E-state index contributed by atoms with van der Waals surface area (Å²) in [5, 5.41) is 3.34. The van der Waals surface area contributed by atoms with E-state index >= 15 is 0 Å². The van der Waals surface area contributed by atoms with Gasteiger partial charge in [0, 0.05) is 23.2 Å². The molecule has 1 aromatic carbocycles. The van der Waals surface area contributed by atoms with Gasteiger partial charge < -0.3 is 5.32 Å². The lowest BCUT2D eigenvalue weighted by atomic mass is 10.3. The number of nitrogens with one attached hydrogen (secondary N) is 1. The lowest BCUT2D eigenvalue weighted by Gasteiger charge is -2.07. The Labute approximate surface area is 104 Å². The topological polar surface area (TPSA) is 12.0 Å². The fourth-order valence-corrected chi connectivity index (χ4v) is 2.26. The standard InChI is InChI=1S/C13H15F2NS/c1-9(7-16-11-3-4-11)8-17-13-6-10(14)2-5-12(13)15/h2,5-6,11,16H,1,3-4,7-8H2. The van der Waals surface area contributed by atoms with Crippen LogP contribution < -0.4 is 5.32 Å². The van der Waals surface area contributed by atoms with Gasteiger partial charge >= 0.3 is 0 Å². The van der Waals surface area contributed by atoms with Gasteiger partial charge in [-0.25, -0.2) is 8.78 Å². The average molecular weight is 255 g/mol. The van der Waals surface area contributed by atoms with Gasteiger partial charge in [0.2, 0.25) is 0 Å². The Bertz CT molecular complexity index is 416. The van der Waals surface area contributed by atoms with Gasteiger partial charge in [-0.1, -0.05) is 12.2 Å². The molecule has 0 spiro atoms. The van der Waals surface area contributed by atoms with E-state index in [1.54, 1.807) is 0 Å². The van der Waals surface area contributed by atoms with Crippen molar-refractivity contribution in [3.05, 3.63) is 42.0 Å². The van der Waals surface area contributed by atoms with E-state index in [-0.39, 0.29) is 5.82 Å². The zero-order chi connectivity index (χ0) is 12.3. The zero-order valence-corrected chi connectivity index (χ0v) is 10.3. The highest BCUT2D eigenvalue weighted by atomic mass is 32.2. The minimum absolute atomic E-state index is 0.345. The van der Waals surface area contributed by atoms with Crippen LogP contribution in [-0.2, 0) is 0 Å². The summed E-state index contributed by atoms with van der Waals surface area (Å²) in [6.45, 7) is 4.68. The molecule has 0 aliphatic heterocycles. The van der Waals surface area contributed by atoms with E-state index in [2.05, 4.69) is 11.9 Å². The maximum Gasteiger partial charge on any atom is 0.136 e. The van der Waals surface area contributed by atoms with Crippen molar-refractivity contribution in [2.24, 2.45) is 0 Å². The molecule has 1 nitrogen and oxygen atoms in total.